The van der Waals surface area contributed by atoms with Gasteiger partial charge in [0.2, 0.25) is 0 Å². The summed E-state index contributed by atoms with van der Waals surface area (Å²) in [5, 5.41) is 3.05. The molecule has 1 aromatic heterocycles. The molecule has 1 heterocycles. The molecule has 0 aliphatic carbocycles. The molecule has 0 bridgehead atoms. The lowest BCUT2D eigenvalue weighted by Crippen LogP contribution is -2.29. The van der Waals surface area contributed by atoms with E-state index in [1.54, 1.807) is 31.3 Å². The lowest BCUT2D eigenvalue weighted by Gasteiger charge is -2.23. The van der Waals surface area contributed by atoms with Gasteiger partial charge in [0.1, 0.15) is 5.82 Å². The Morgan fingerprint density at radius 2 is 1.90 bits per heavy atom. The standard InChI is InChI=1S/C33H41ClF2N4O/c1-7-13-38-17-25-15-24(14-20(4)31(25)37)33(41)39-18-23(11-12-35)29-16-27(19(3)8-2)22(6)32(40-29)26-9-10-28(36)30(34)21(26)5/h9-10,14-17,19,23H,7-8,11-13,18,37H2,1-6H3,(H,39,41). The number of hydrogen-bond acceptors (Lipinski definition) is 4. The number of pyridine rings is 1. The Balaban J connectivity index is 1.99. The number of aromatic nitrogens is 1. The summed E-state index contributed by atoms with van der Waals surface area (Å²) in [5.74, 6) is -0.918. The predicted molar refractivity (Wildman–Crippen MR) is 167 cm³/mol. The molecule has 0 saturated heterocycles. The number of anilines is 1. The first kappa shape index (κ1) is 32.2. The minimum Gasteiger partial charge on any atom is -0.398 e. The van der Waals surface area contributed by atoms with Crippen molar-refractivity contribution >= 4 is 29.4 Å². The summed E-state index contributed by atoms with van der Waals surface area (Å²) in [7, 11) is 0. The Hall–Kier alpha value is -3.32. The van der Waals surface area contributed by atoms with E-state index in [0.29, 0.717) is 40.3 Å². The van der Waals surface area contributed by atoms with Crippen LogP contribution in [-0.4, -0.2) is 36.9 Å². The molecular formula is C33H41ClF2N4O. The summed E-state index contributed by atoms with van der Waals surface area (Å²) >= 11 is 6.26. The van der Waals surface area contributed by atoms with Crippen LogP contribution in [0, 0.1) is 26.6 Å². The van der Waals surface area contributed by atoms with Gasteiger partial charge >= 0.3 is 0 Å². The molecular weight excluding hydrogens is 542 g/mol. The van der Waals surface area contributed by atoms with Crippen molar-refractivity contribution in [1.29, 1.82) is 0 Å². The van der Waals surface area contributed by atoms with Gasteiger partial charge in [-0.2, -0.15) is 0 Å². The fraction of sp³-hybridized carbons (Fsp3) is 0.424. The third-order valence-electron chi connectivity index (χ3n) is 7.72. The zero-order chi connectivity index (χ0) is 30.3. The number of aliphatic imine (C=N–C) groups is 1. The van der Waals surface area contributed by atoms with Crippen molar-refractivity contribution in [2.45, 2.75) is 72.6 Å². The highest BCUT2D eigenvalue weighted by Gasteiger charge is 2.23. The topological polar surface area (TPSA) is 80.4 Å². The Morgan fingerprint density at radius 3 is 2.56 bits per heavy atom. The molecule has 5 nitrogen and oxygen atoms in total. The minimum absolute atomic E-state index is 0.0599. The first-order valence-corrected chi connectivity index (χ1v) is 14.6. The Kier molecular flexibility index (Phi) is 11.4. The van der Waals surface area contributed by atoms with Gasteiger partial charge in [0.05, 0.1) is 17.4 Å². The van der Waals surface area contributed by atoms with Crippen LogP contribution in [-0.2, 0) is 0 Å². The third kappa shape index (κ3) is 7.50. The summed E-state index contributed by atoms with van der Waals surface area (Å²) < 4.78 is 28.0. The summed E-state index contributed by atoms with van der Waals surface area (Å²) in [6, 6.07) is 8.53. The van der Waals surface area contributed by atoms with E-state index in [1.165, 1.54) is 6.07 Å². The SMILES string of the molecule is CCCN=Cc1cc(C(=O)NCC(CCF)c2cc(C(C)CC)c(C)c(-c3ccc(F)c(Cl)c3C)n2)cc(C)c1N. The molecule has 0 aliphatic rings. The largest absolute Gasteiger partial charge is 0.398 e. The molecule has 220 valence electrons. The Bertz CT molecular complexity index is 1420. The van der Waals surface area contributed by atoms with Crippen molar-refractivity contribution in [2.24, 2.45) is 4.99 Å². The number of halogens is 3. The van der Waals surface area contributed by atoms with E-state index >= 15 is 0 Å². The lowest BCUT2D eigenvalue weighted by molar-refractivity contribution is 0.0950. The van der Waals surface area contributed by atoms with E-state index in [0.717, 1.165) is 35.1 Å². The van der Waals surface area contributed by atoms with Gasteiger partial charge in [0, 0.05) is 53.3 Å². The molecule has 1 amide bonds. The third-order valence-corrected chi connectivity index (χ3v) is 8.18. The van der Waals surface area contributed by atoms with Crippen LogP contribution in [0.15, 0.2) is 35.3 Å². The van der Waals surface area contributed by atoms with Crippen LogP contribution in [0.1, 0.15) is 95.7 Å². The molecule has 0 fully saturated rings. The van der Waals surface area contributed by atoms with Crippen molar-refractivity contribution < 1.29 is 13.6 Å². The van der Waals surface area contributed by atoms with Gasteiger partial charge in [0.15, 0.2) is 0 Å². The van der Waals surface area contributed by atoms with E-state index in [9.17, 15) is 13.6 Å². The highest BCUT2D eigenvalue weighted by molar-refractivity contribution is 6.31. The number of alkyl halides is 1. The average molecular weight is 583 g/mol. The second kappa shape index (κ2) is 14.5. The van der Waals surface area contributed by atoms with Crippen molar-refractivity contribution in [3.8, 4) is 11.3 Å². The van der Waals surface area contributed by atoms with Gasteiger partial charge in [-0.05, 0) is 98.5 Å². The molecule has 3 N–H and O–H groups in total. The first-order valence-electron chi connectivity index (χ1n) is 14.2. The van der Waals surface area contributed by atoms with Crippen LogP contribution in [0.2, 0.25) is 5.02 Å². The number of nitrogens with one attached hydrogen (secondary N) is 1. The van der Waals surface area contributed by atoms with Crippen LogP contribution in [0.4, 0.5) is 14.5 Å². The summed E-state index contributed by atoms with van der Waals surface area (Å²) in [6.45, 7) is 12.2. The molecule has 3 aromatic rings. The van der Waals surface area contributed by atoms with Crippen molar-refractivity contribution in [1.82, 2.24) is 10.3 Å². The van der Waals surface area contributed by atoms with Crippen LogP contribution in [0.25, 0.3) is 11.3 Å². The van der Waals surface area contributed by atoms with E-state index in [1.807, 2.05) is 26.8 Å². The van der Waals surface area contributed by atoms with Crippen LogP contribution in [0.5, 0.6) is 0 Å². The number of rotatable bonds is 12. The normalized spacial score (nSPS) is 13.0. The molecule has 0 aliphatic heterocycles. The lowest BCUT2D eigenvalue weighted by atomic mass is 9.88. The van der Waals surface area contributed by atoms with Gasteiger partial charge in [-0.25, -0.2) is 4.39 Å². The summed E-state index contributed by atoms with van der Waals surface area (Å²) in [5.41, 5.74) is 13.5. The van der Waals surface area contributed by atoms with E-state index < -0.39 is 12.5 Å². The van der Waals surface area contributed by atoms with Gasteiger partial charge in [0.25, 0.3) is 5.91 Å². The molecule has 2 aromatic carbocycles. The molecule has 2 atom stereocenters. The highest BCUT2D eigenvalue weighted by Crippen LogP contribution is 2.36. The molecule has 0 saturated carbocycles. The summed E-state index contributed by atoms with van der Waals surface area (Å²) in [4.78, 5) is 22.6. The maximum absolute atomic E-state index is 14.2. The van der Waals surface area contributed by atoms with Crippen LogP contribution in [0.3, 0.4) is 0 Å². The number of hydrogen-bond donors (Lipinski definition) is 2. The number of nitrogens with zero attached hydrogens (tertiary/aromatic N) is 2. The monoisotopic (exact) mass is 582 g/mol. The number of carbonyl (C=O) groups excluding carboxylic acids is 1. The molecule has 2 unspecified atom stereocenters. The fourth-order valence-corrected chi connectivity index (χ4v) is 5.09. The number of aryl methyl sites for hydroxylation is 1. The Morgan fingerprint density at radius 1 is 1.17 bits per heavy atom. The first-order chi connectivity index (χ1) is 19.5. The van der Waals surface area contributed by atoms with Crippen molar-refractivity contribution in [3.63, 3.8) is 0 Å². The van der Waals surface area contributed by atoms with E-state index in [-0.39, 0.29) is 35.7 Å². The fourth-order valence-electron chi connectivity index (χ4n) is 4.92. The highest BCUT2D eigenvalue weighted by atomic mass is 35.5. The maximum Gasteiger partial charge on any atom is 0.251 e. The zero-order valence-corrected chi connectivity index (χ0v) is 25.6. The second-order valence-electron chi connectivity index (χ2n) is 10.7. The number of benzene rings is 2. The average Bonchev–Trinajstić information content (AvgIpc) is 2.96. The molecule has 41 heavy (non-hydrogen) atoms. The predicted octanol–water partition coefficient (Wildman–Crippen LogP) is 8.26. The van der Waals surface area contributed by atoms with Gasteiger partial charge in [-0.3, -0.25) is 19.2 Å². The summed E-state index contributed by atoms with van der Waals surface area (Å²) in [6.07, 6.45) is 3.70. The number of carbonyl (C=O) groups is 1. The number of amides is 1. The second-order valence-corrected chi connectivity index (χ2v) is 11.0. The van der Waals surface area contributed by atoms with E-state index in [2.05, 4.69) is 24.2 Å². The quantitative estimate of drug-likeness (QED) is 0.167. The van der Waals surface area contributed by atoms with Crippen molar-refractivity contribution in [3.05, 3.63) is 80.2 Å². The minimum atomic E-state index is -0.565. The zero-order valence-electron chi connectivity index (χ0n) is 24.9. The molecule has 0 radical (unpaired) electrons. The van der Waals surface area contributed by atoms with Crippen LogP contribution >= 0.6 is 11.6 Å². The van der Waals surface area contributed by atoms with Gasteiger partial charge < -0.3 is 11.1 Å². The van der Waals surface area contributed by atoms with Crippen molar-refractivity contribution in [2.75, 3.05) is 25.5 Å². The maximum atomic E-state index is 14.2. The van der Waals surface area contributed by atoms with E-state index in [4.69, 9.17) is 22.3 Å². The van der Waals surface area contributed by atoms with Gasteiger partial charge in [-0.15, -0.1) is 0 Å². The molecule has 3 rings (SSSR count). The van der Waals surface area contributed by atoms with Crippen LogP contribution < -0.4 is 11.1 Å². The molecule has 8 heteroatoms. The number of nitrogen functional groups attached to an aromatic ring is 1. The number of nitrogens with two attached hydrogens (primary N) is 1. The smallest absolute Gasteiger partial charge is 0.251 e. The Labute approximate surface area is 247 Å². The molecule has 0 spiro atoms. The van der Waals surface area contributed by atoms with Gasteiger partial charge in [-0.1, -0.05) is 32.4 Å².